The monoisotopic (exact) mass is 433 g/mol. The molecule has 30 heavy (non-hydrogen) atoms. The molecule has 0 aromatic rings. The summed E-state index contributed by atoms with van der Waals surface area (Å²) in [5.74, 6) is -8.39. The summed E-state index contributed by atoms with van der Waals surface area (Å²) in [6.07, 6.45) is -2.51. The van der Waals surface area contributed by atoms with Crippen LogP contribution in [0.25, 0.3) is 0 Å². The Morgan fingerprint density at radius 1 is 0.733 bits per heavy atom. The van der Waals surface area contributed by atoms with Crippen molar-refractivity contribution in [1.82, 2.24) is 16.0 Å². The summed E-state index contributed by atoms with van der Waals surface area (Å²) < 4.78 is 0. The lowest BCUT2D eigenvalue weighted by Crippen LogP contribution is -2.56. The summed E-state index contributed by atoms with van der Waals surface area (Å²) in [5.41, 5.74) is 10.4. The van der Waals surface area contributed by atoms with Crippen molar-refractivity contribution >= 4 is 41.5 Å². The van der Waals surface area contributed by atoms with E-state index < -0.39 is 91.9 Å². The Kier molecular flexibility index (Phi) is 11.1. The topological polar surface area (TPSA) is 268 Å². The van der Waals surface area contributed by atoms with Crippen molar-refractivity contribution in [3.63, 3.8) is 0 Å². The molecule has 0 rings (SSSR count). The highest BCUT2D eigenvalue weighted by atomic mass is 16.4. The molecule has 0 aliphatic rings. The van der Waals surface area contributed by atoms with E-state index in [9.17, 15) is 33.6 Å². The number of carboxylic acid groups (broad SMARTS) is 3. The van der Waals surface area contributed by atoms with Crippen molar-refractivity contribution in [2.75, 3.05) is 6.54 Å². The van der Waals surface area contributed by atoms with Gasteiger partial charge in [-0.25, -0.2) is 0 Å². The van der Waals surface area contributed by atoms with Gasteiger partial charge in [-0.15, -0.1) is 0 Å². The fraction of sp³-hybridized carbons (Fsp3) is 0.533. The van der Waals surface area contributed by atoms with Gasteiger partial charge in [0, 0.05) is 6.42 Å². The molecule has 15 heteroatoms. The highest BCUT2D eigenvalue weighted by Crippen LogP contribution is 2.02. The summed E-state index contributed by atoms with van der Waals surface area (Å²) in [5, 5.41) is 32.3. The van der Waals surface area contributed by atoms with Gasteiger partial charge in [-0.3, -0.25) is 33.6 Å². The second-order valence-electron chi connectivity index (χ2n) is 6.04. The Labute approximate surface area is 169 Å². The molecule has 168 valence electrons. The van der Waals surface area contributed by atoms with Crippen molar-refractivity contribution < 1.29 is 48.9 Å². The summed E-state index contributed by atoms with van der Waals surface area (Å²) in [6, 6.07) is -4.69. The third-order valence-electron chi connectivity index (χ3n) is 3.46. The van der Waals surface area contributed by atoms with Gasteiger partial charge in [0.1, 0.15) is 18.6 Å². The summed E-state index contributed by atoms with van der Waals surface area (Å²) in [4.78, 5) is 79.5. The number of nitrogens with two attached hydrogens (primary N) is 2. The number of rotatable bonds is 14. The van der Waals surface area contributed by atoms with Crippen LogP contribution < -0.4 is 27.4 Å². The summed E-state index contributed by atoms with van der Waals surface area (Å²) in [6.45, 7) is -0.841. The number of hydrogen-bond donors (Lipinski definition) is 8. The van der Waals surface area contributed by atoms with Crippen LogP contribution in [-0.4, -0.2) is 81.5 Å². The summed E-state index contributed by atoms with van der Waals surface area (Å²) in [7, 11) is 0. The van der Waals surface area contributed by atoms with E-state index in [1.807, 2.05) is 10.6 Å². The van der Waals surface area contributed by atoms with E-state index in [2.05, 4.69) is 5.32 Å². The Morgan fingerprint density at radius 3 is 1.77 bits per heavy atom. The maximum Gasteiger partial charge on any atom is 0.322 e. The minimum atomic E-state index is -1.71. The predicted octanol–water partition coefficient (Wildman–Crippen LogP) is -4.30. The van der Waals surface area contributed by atoms with Gasteiger partial charge in [-0.1, -0.05) is 0 Å². The lowest BCUT2D eigenvalue weighted by Gasteiger charge is -2.23. The number of carboxylic acids is 3. The lowest BCUT2D eigenvalue weighted by atomic mass is 10.1. The molecule has 0 heterocycles. The van der Waals surface area contributed by atoms with Crippen LogP contribution in [0.15, 0.2) is 0 Å². The van der Waals surface area contributed by atoms with E-state index in [1.54, 1.807) is 0 Å². The second kappa shape index (κ2) is 12.7. The van der Waals surface area contributed by atoms with Gasteiger partial charge in [-0.2, -0.15) is 0 Å². The number of nitrogens with one attached hydrogen (secondary N) is 3. The number of hydrogen-bond acceptors (Lipinski definition) is 8. The first-order valence-electron chi connectivity index (χ1n) is 8.41. The minimum Gasteiger partial charge on any atom is -0.481 e. The first-order valence-corrected chi connectivity index (χ1v) is 8.41. The number of primary amides is 1. The van der Waals surface area contributed by atoms with Crippen LogP contribution in [0.1, 0.15) is 25.7 Å². The minimum absolute atomic E-state index is 0.452. The zero-order chi connectivity index (χ0) is 23.4. The van der Waals surface area contributed by atoms with Crippen LogP contribution in [0, 0.1) is 0 Å². The van der Waals surface area contributed by atoms with Crippen LogP contribution in [-0.2, 0) is 33.6 Å². The third-order valence-corrected chi connectivity index (χ3v) is 3.46. The van der Waals surface area contributed by atoms with Gasteiger partial charge >= 0.3 is 17.9 Å². The van der Waals surface area contributed by atoms with Crippen molar-refractivity contribution in [1.29, 1.82) is 0 Å². The molecule has 0 saturated carbocycles. The number of carbonyl (C=O) groups excluding carboxylic acids is 4. The molecular formula is C15H23N5O10. The van der Waals surface area contributed by atoms with Crippen LogP contribution in [0.5, 0.6) is 0 Å². The number of aliphatic carboxylic acids is 3. The highest BCUT2D eigenvalue weighted by Gasteiger charge is 2.30. The summed E-state index contributed by atoms with van der Waals surface area (Å²) >= 11 is 0. The van der Waals surface area contributed by atoms with Gasteiger partial charge in [0.05, 0.1) is 18.9 Å². The molecule has 0 spiro atoms. The van der Waals surface area contributed by atoms with Gasteiger partial charge in [0.25, 0.3) is 0 Å². The van der Waals surface area contributed by atoms with Crippen LogP contribution in [0.4, 0.5) is 0 Å². The molecule has 10 N–H and O–H groups in total. The molecule has 4 amide bonds. The Hall–Kier alpha value is -3.75. The van der Waals surface area contributed by atoms with E-state index in [4.69, 9.17) is 26.8 Å². The highest BCUT2D eigenvalue weighted by molar-refractivity contribution is 5.96. The Bertz CT molecular complexity index is 710. The fourth-order valence-corrected chi connectivity index (χ4v) is 2.07. The zero-order valence-electron chi connectivity index (χ0n) is 15.6. The fourth-order valence-electron chi connectivity index (χ4n) is 2.07. The standard InChI is InChI=1S/C15H23N5O10/c16-6(3-9(17)21)13(28)19-7(1-2-10(22)23)15(30)20-8(4-11(24)25)14(29)18-5-12(26)27/h6-8H,1-5,16H2,(H2,17,21)(H,18,29)(H,19,28)(H,20,30)(H,22,23)(H,24,25)(H,26,27). The molecule has 3 unspecified atom stereocenters. The van der Waals surface area contributed by atoms with E-state index in [0.717, 1.165) is 0 Å². The average Bonchev–Trinajstić information content (AvgIpc) is 2.60. The quantitative estimate of drug-likeness (QED) is 0.130. The van der Waals surface area contributed by atoms with E-state index in [-0.39, 0.29) is 0 Å². The SMILES string of the molecule is NC(=O)CC(N)C(=O)NC(CCC(=O)O)C(=O)NC(CC(=O)O)C(=O)NCC(=O)O. The maximum atomic E-state index is 12.4. The van der Waals surface area contributed by atoms with Crippen molar-refractivity contribution in [3.05, 3.63) is 0 Å². The van der Waals surface area contributed by atoms with E-state index >= 15 is 0 Å². The predicted molar refractivity (Wildman–Crippen MR) is 95.4 cm³/mol. The number of amides is 4. The van der Waals surface area contributed by atoms with Crippen molar-refractivity contribution in [2.24, 2.45) is 11.5 Å². The molecule has 0 aromatic carbocycles. The normalized spacial score (nSPS) is 13.2. The molecule has 0 aromatic heterocycles. The molecule has 0 aliphatic carbocycles. The third kappa shape index (κ3) is 11.2. The van der Waals surface area contributed by atoms with Gasteiger partial charge in [0.2, 0.25) is 23.6 Å². The zero-order valence-corrected chi connectivity index (χ0v) is 15.6. The Balaban J connectivity index is 5.34. The second-order valence-corrected chi connectivity index (χ2v) is 6.04. The first kappa shape index (κ1) is 26.2. The smallest absolute Gasteiger partial charge is 0.322 e. The van der Waals surface area contributed by atoms with Crippen molar-refractivity contribution in [3.8, 4) is 0 Å². The molecular weight excluding hydrogens is 410 g/mol. The molecule has 0 radical (unpaired) electrons. The van der Waals surface area contributed by atoms with Crippen LogP contribution in [0.2, 0.25) is 0 Å². The van der Waals surface area contributed by atoms with Gasteiger partial charge < -0.3 is 42.7 Å². The Morgan fingerprint density at radius 2 is 1.30 bits per heavy atom. The first-order chi connectivity index (χ1) is 13.8. The molecule has 3 atom stereocenters. The van der Waals surface area contributed by atoms with Crippen molar-refractivity contribution in [2.45, 2.75) is 43.8 Å². The lowest BCUT2D eigenvalue weighted by molar-refractivity contribution is -0.141. The molecule has 15 nitrogen and oxygen atoms in total. The van der Waals surface area contributed by atoms with Crippen LogP contribution in [0.3, 0.4) is 0 Å². The largest absolute Gasteiger partial charge is 0.481 e. The molecule has 0 bridgehead atoms. The molecule has 0 fully saturated rings. The average molecular weight is 433 g/mol. The van der Waals surface area contributed by atoms with E-state index in [1.165, 1.54) is 0 Å². The molecule has 0 saturated heterocycles. The van der Waals surface area contributed by atoms with Gasteiger partial charge in [0.15, 0.2) is 0 Å². The molecule has 0 aliphatic heterocycles. The van der Waals surface area contributed by atoms with Crippen LogP contribution >= 0.6 is 0 Å². The maximum absolute atomic E-state index is 12.4. The van der Waals surface area contributed by atoms with E-state index in [0.29, 0.717) is 0 Å². The van der Waals surface area contributed by atoms with Gasteiger partial charge in [-0.05, 0) is 6.42 Å². The number of carbonyl (C=O) groups is 7.